The van der Waals surface area contributed by atoms with Crippen molar-refractivity contribution in [1.82, 2.24) is 0 Å². The highest BCUT2D eigenvalue weighted by molar-refractivity contribution is 5.91. The molecule has 1 aliphatic rings. The fourth-order valence-electron chi connectivity index (χ4n) is 2.24. The molecule has 2 rings (SSSR count). The second kappa shape index (κ2) is 9.72. The second-order valence-electron chi connectivity index (χ2n) is 5.47. The molecule has 0 bridgehead atoms. The first-order valence-corrected chi connectivity index (χ1v) is 8.24. The Morgan fingerprint density at radius 2 is 2.15 bits per heavy atom. The van der Waals surface area contributed by atoms with Crippen LogP contribution in [0.4, 0.5) is 4.39 Å². The summed E-state index contributed by atoms with van der Waals surface area (Å²) >= 11 is 0. The molecule has 1 aromatic rings. The van der Waals surface area contributed by atoms with E-state index in [0.29, 0.717) is 12.0 Å². The van der Waals surface area contributed by atoms with Crippen LogP contribution in [0.15, 0.2) is 42.2 Å². The molecule has 2 atom stereocenters. The predicted octanol–water partition coefficient (Wildman–Crippen LogP) is 2.98. The molecule has 0 unspecified atom stereocenters. The van der Waals surface area contributed by atoms with E-state index in [1.807, 2.05) is 6.08 Å². The molecule has 0 N–H and O–H groups in total. The minimum atomic E-state index is -0.759. The molecular formula is C19H21FO6. The van der Waals surface area contributed by atoms with Crippen LogP contribution in [0.3, 0.4) is 0 Å². The number of ether oxygens (including phenoxy) is 4. The van der Waals surface area contributed by atoms with Gasteiger partial charge >= 0.3 is 11.9 Å². The first-order chi connectivity index (χ1) is 12.5. The van der Waals surface area contributed by atoms with Gasteiger partial charge in [0.2, 0.25) is 12.0 Å². The van der Waals surface area contributed by atoms with E-state index >= 15 is 0 Å². The minimum absolute atomic E-state index is 0.0496. The smallest absolute Gasteiger partial charge is 0.373 e. The van der Waals surface area contributed by atoms with Crippen LogP contribution in [0, 0.1) is 5.82 Å². The first-order valence-electron chi connectivity index (χ1n) is 8.24. The molecule has 0 saturated heterocycles. The lowest BCUT2D eigenvalue weighted by atomic mass is 10.2. The highest BCUT2D eigenvalue weighted by Crippen LogP contribution is 2.20. The number of benzene rings is 1. The molecule has 1 aliphatic heterocycles. The Morgan fingerprint density at radius 3 is 2.85 bits per heavy atom. The Balaban J connectivity index is 2.10. The van der Waals surface area contributed by atoms with E-state index in [1.165, 1.54) is 31.2 Å². The summed E-state index contributed by atoms with van der Waals surface area (Å²) < 4.78 is 34.5. The van der Waals surface area contributed by atoms with E-state index in [0.717, 1.165) is 0 Å². The standard InChI is InChI=1S/C19H21FO6/c1-3-23-19(22)17(11-14-6-4-7-15(20)10-14)26-18-9-5-8-16(25-18)12-24-13(2)21/h4-8,10-11,16,18H,3,9,12H2,1-2H3/t16-,18+/m0/s1. The van der Waals surface area contributed by atoms with Crippen molar-refractivity contribution in [2.75, 3.05) is 13.2 Å². The average Bonchev–Trinajstić information content (AvgIpc) is 2.60. The first kappa shape index (κ1) is 19.7. The van der Waals surface area contributed by atoms with Gasteiger partial charge in [0.25, 0.3) is 0 Å². The van der Waals surface area contributed by atoms with Crippen LogP contribution in [0.25, 0.3) is 6.08 Å². The van der Waals surface area contributed by atoms with Gasteiger partial charge in [-0.25, -0.2) is 9.18 Å². The SMILES string of the molecule is CCOC(=O)C(=Cc1cccc(F)c1)O[C@@H]1CC=C[C@@H](COC(C)=O)O1. The Hall–Kier alpha value is -2.67. The Labute approximate surface area is 151 Å². The molecular weight excluding hydrogens is 343 g/mol. The van der Waals surface area contributed by atoms with Crippen molar-refractivity contribution < 1.29 is 32.9 Å². The fraction of sp³-hybridized carbons (Fsp3) is 0.368. The zero-order chi connectivity index (χ0) is 18.9. The van der Waals surface area contributed by atoms with Gasteiger partial charge in [0, 0.05) is 13.3 Å². The number of carbonyl (C=O) groups is 2. The minimum Gasteiger partial charge on any atom is -0.463 e. The summed E-state index contributed by atoms with van der Waals surface area (Å²) in [5.41, 5.74) is 0.455. The topological polar surface area (TPSA) is 71.1 Å². The summed E-state index contributed by atoms with van der Waals surface area (Å²) in [5, 5.41) is 0. The molecule has 0 aliphatic carbocycles. The quantitative estimate of drug-likeness (QED) is 0.321. The van der Waals surface area contributed by atoms with Crippen LogP contribution in [0.1, 0.15) is 25.8 Å². The Kier molecular flexibility index (Phi) is 7.35. The van der Waals surface area contributed by atoms with Gasteiger partial charge in [-0.3, -0.25) is 4.79 Å². The molecule has 0 amide bonds. The van der Waals surface area contributed by atoms with Crippen LogP contribution in [0.5, 0.6) is 0 Å². The summed E-state index contributed by atoms with van der Waals surface area (Å²) in [7, 11) is 0. The third-order valence-electron chi connectivity index (χ3n) is 3.34. The second-order valence-corrected chi connectivity index (χ2v) is 5.47. The number of rotatable bonds is 7. The molecule has 0 radical (unpaired) electrons. The molecule has 140 valence electrons. The molecule has 6 nitrogen and oxygen atoms in total. The van der Waals surface area contributed by atoms with Gasteiger partial charge in [-0.2, -0.15) is 0 Å². The van der Waals surface area contributed by atoms with E-state index in [-0.39, 0.29) is 19.0 Å². The van der Waals surface area contributed by atoms with Crippen molar-refractivity contribution in [2.24, 2.45) is 0 Å². The third kappa shape index (κ3) is 6.33. The van der Waals surface area contributed by atoms with Gasteiger partial charge in [-0.1, -0.05) is 24.3 Å². The van der Waals surface area contributed by atoms with Crippen LogP contribution in [-0.4, -0.2) is 37.5 Å². The van der Waals surface area contributed by atoms with Crippen molar-refractivity contribution >= 4 is 18.0 Å². The van der Waals surface area contributed by atoms with Crippen molar-refractivity contribution in [1.29, 1.82) is 0 Å². The van der Waals surface area contributed by atoms with Crippen molar-refractivity contribution in [2.45, 2.75) is 32.7 Å². The average molecular weight is 364 g/mol. The fourth-order valence-corrected chi connectivity index (χ4v) is 2.24. The predicted molar refractivity (Wildman–Crippen MR) is 91.1 cm³/mol. The van der Waals surface area contributed by atoms with Crippen molar-refractivity contribution in [3.63, 3.8) is 0 Å². The number of carbonyl (C=O) groups excluding carboxylic acids is 2. The summed E-state index contributed by atoms with van der Waals surface area (Å²) in [6.45, 7) is 3.20. The maximum absolute atomic E-state index is 13.4. The van der Waals surface area contributed by atoms with E-state index < -0.39 is 30.1 Å². The van der Waals surface area contributed by atoms with E-state index in [2.05, 4.69) is 0 Å². The number of hydrogen-bond acceptors (Lipinski definition) is 6. The van der Waals surface area contributed by atoms with Gasteiger partial charge in [0.05, 0.1) is 6.61 Å². The van der Waals surface area contributed by atoms with E-state index in [4.69, 9.17) is 18.9 Å². The highest BCUT2D eigenvalue weighted by atomic mass is 19.1. The van der Waals surface area contributed by atoms with Crippen LogP contribution < -0.4 is 0 Å². The van der Waals surface area contributed by atoms with Crippen LogP contribution >= 0.6 is 0 Å². The Bertz CT molecular complexity index is 697. The zero-order valence-corrected chi connectivity index (χ0v) is 14.6. The molecule has 0 fully saturated rings. The number of hydrogen-bond donors (Lipinski definition) is 0. The van der Waals surface area contributed by atoms with Gasteiger partial charge in [-0.15, -0.1) is 0 Å². The monoisotopic (exact) mass is 364 g/mol. The molecule has 26 heavy (non-hydrogen) atoms. The van der Waals surface area contributed by atoms with Gasteiger partial charge in [0.1, 0.15) is 18.5 Å². The van der Waals surface area contributed by atoms with Crippen LogP contribution in [0.2, 0.25) is 0 Å². The summed E-state index contributed by atoms with van der Waals surface area (Å²) in [5.74, 6) is -1.61. The largest absolute Gasteiger partial charge is 0.463 e. The Morgan fingerprint density at radius 1 is 1.35 bits per heavy atom. The van der Waals surface area contributed by atoms with Gasteiger partial charge < -0.3 is 18.9 Å². The zero-order valence-electron chi connectivity index (χ0n) is 14.6. The molecule has 7 heteroatoms. The summed E-state index contributed by atoms with van der Waals surface area (Å²) in [6.07, 6.45) is 4.12. The maximum atomic E-state index is 13.4. The normalized spacial score (nSPS) is 19.7. The van der Waals surface area contributed by atoms with Crippen molar-refractivity contribution in [3.8, 4) is 0 Å². The highest BCUT2D eigenvalue weighted by Gasteiger charge is 2.24. The molecule has 1 heterocycles. The lowest BCUT2D eigenvalue weighted by Crippen LogP contribution is -2.31. The molecule has 0 aromatic heterocycles. The molecule has 1 aromatic carbocycles. The lowest BCUT2D eigenvalue weighted by molar-refractivity contribution is -0.172. The summed E-state index contributed by atoms with van der Waals surface area (Å²) in [6, 6.07) is 5.74. The molecule has 0 spiro atoms. The number of esters is 2. The lowest BCUT2D eigenvalue weighted by Gasteiger charge is -2.26. The van der Waals surface area contributed by atoms with Crippen molar-refractivity contribution in [3.05, 3.63) is 53.6 Å². The molecule has 0 saturated carbocycles. The third-order valence-corrected chi connectivity index (χ3v) is 3.34. The van der Waals surface area contributed by atoms with Crippen LogP contribution in [-0.2, 0) is 28.5 Å². The summed E-state index contributed by atoms with van der Waals surface area (Å²) in [4.78, 5) is 23.1. The number of halogens is 1. The maximum Gasteiger partial charge on any atom is 0.373 e. The van der Waals surface area contributed by atoms with E-state index in [1.54, 1.807) is 19.1 Å². The van der Waals surface area contributed by atoms with Gasteiger partial charge in [0.15, 0.2) is 0 Å². The van der Waals surface area contributed by atoms with E-state index in [9.17, 15) is 14.0 Å². The van der Waals surface area contributed by atoms with Gasteiger partial charge in [-0.05, 0) is 30.7 Å².